The minimum Gasteiger partial charge on any atom is -0.334 e. The summed E-state index contributed by atoms with van der Waals surface area (Å²) in [7, 11) is 1.91. The van der Waals surface area contributed by atoms with Crippen molar-refractivity contribution < 1.29 is 9.18 Å². The topological polar surface area (TPSA) is 41.4 Å². The van der Waals surface area contributed by atoms with Crippen LogP contribution in [0.25, 0.3) is 0 Å². The van der Waals surface area contributed by atoms with Crippen LogP contribution in [0.5, 0.6) is 0 Å². The van der Waals surface area contributed by atoms with Crippen LogP contribution in [0.2, 0.25) is 0 Å². The first-order chi connectivity index (χ1) is 12.4. The largest absolute Gasteiger partial charge is 0.334 e. The molecule has 0 radical (unpaired) electrons. The second kappa shape index (κ2) is 7.99. The molecule has 1 atom stereocenters. The lowest BCUT2D eigenvalue weighted by molar-refractivity contribution is -0.134. The third-order valence-electron chi connectivity index (χ3n) is 5.01. The van der Waals surface area contributed by atoms with Crippen molar-refractivity contribution in [1.29, 1.82) is 0 Å². The summed E-state index contributed by atoms with van der Waals surface area (Å²) in [5.74, 6) is 0.259. The molecule has 1 aromatic heterocycles. The van der Waals surface area contributed by atoms with Crippen LogP contribution in [0.1, 0.15) is 31.4 Å². The number of carbonyl (C=O) groups excluding carboxylic acids is 1. The van der Waals surface area contributed by atoms with Crippen molar-refractivity contribution in [3.8, 4) is 0 Å². The maximum absolute atomic E-state index is 13.2. The van der Waals surface area contributed by atoms with Gasteiger partial charge in [-0.05, 0) is 23.6 Å². The number of aromatic nitrogens is 2. The molecule has 140 valence electrons. The number of hydrogen-bond donors (Lipinski definition) is 0. The Labute approximate surface area is 154 Å². The summed E-state index contributed by atoms with van der Waals surface area (Å²) in [5.41, 5.74) is 2.13. The molecule has 1 saturated heterocycles. The predicted molar refractivity (Wildman–Crippen MR) is 98.7 cm³/mol. The number of amides is 1. The number of rotatable bonds is 5. The molecular weight excluding hydrogens is 331 g/mol. The van der Waals surface area contributed by atoms with Crippen molar-refractivity contribution in [1.82, 2.24) is 19.6 Å². The monoisotopic (exact) mass is 358 g/mol. The normalized spacial score (nSPS) is 19.2. The van der Waals surface area contributed by atoms with Crippen molar-refractivity contribution >= 4 is 5.91 Å². The highest BCUT2D eigenvalue weighted by atomic mass is 19.1. The average Bonchev–Trinajstić information content (AvgIpc) is 2.94. The molecular formula is C20H27FN4O. The van der Waals surface area contributed by atoms with E-state index in [0.717, 1.165) is 30.8 Å². The zero-order chi connectivity index (χ0) is 18.7. The molecule has 2 heterocycles. The lowest BCUT2D eigenvalue weighted by Crippen LogP contribution is -2.45. The van der Waals surface area contributed by atoms with Crippen LogP contribution in [0.3, 0.4) is 0 Å². The number of aryl methyl sites for hydroxylation is 1. The zero-order valence-electron chi connectivity index (χ0n) is 15.7. The quantitative estimate of drug-likeness (QED) is 0.825. The van der Waals surface area contributed by atoms with Crippen LogP contribution in [0.4, 0.5) is 4.39 Å². The van der Waals surface area contributed by atoms with Crippen molar-refractivity contribution in [3.05, 3.63) is 53.6 Å². The molecule has 1 amide bonds. The molecule has 1 aromatic carbocycles. The molecule has 5 nitrogen and oxygen atoms in total. The Morgan fingerprint density at radius 3 is 2.54 bits per heavy atom. The van der Waals surface area contributed by atoms with Gasteiger partial charge in [0.25, 0.3) is 0 Å². The van der Waals surface area contributed by atoms with E-state index in [9.17, 15) is 9.18 Å². The van der Waals surface area contributed by atoms with E-state index in [2.05, 4.69) is 23.8 Å². The first-order valence-electron chi connectivity index (χ1n) is 9.16. The molecule has 0 spiro atoms. The van der Waals surface area contributed by atoms with E-state index in [0.29, 0.717) is 18.9 Å². The summed E-state index contributed by atoms with van der Waals surface area (Å²) in [5, 5.41) is 4.23. The molecule has 1 aliphatic rings. The average molecular weight is 358 g/mol. The summed E-state index contributed by atoms with van der Waals surface area (Å²) in [6.45, 7) is 7.22. The van der Waals surface area contributed by atoms with E-state index < -0.39 is 0 Å². The summed E-state index contributed by atoms with van der Waals surface area (Å²) >= 11 is 0. The summed E-state index contributed by atoms with van der Waals surface area (Å²) in [4.78, 5) is 17.1. The summed E-state index contributed by atoms with van der Waals surface area (Å²) < 4.78 is 15.0. The number of hydrogen-bond acceptors (Lipinski definition) is 3. The Morgan fingerprint density at radius 2 is 1.92 bits per heavy atom. The first-order valence-corrected chi connectivity index (χ1v) is 9.16. The van der Waals surface area contributed by atoms with Gasteiger partial charge < -0.3 is 4.90 Å². The van der Waals surface area contributed by atoms with Crippen molar-refractivity contribution in [2.75, 3.05) is 13.1 Å². The van der Waals surface area contributed by atoms with Gasteiger partial charge in [0.2, 0.25) is 5.91 Å². The number of nitrogens with zero attached hydrogens (tertiary/aromatic N) is 4. The van der Waals surface area contributed by atoms with Crippen molar-refractivity contribution in [2.24, 2.45) is 13.0 Å². The van der Waals surface area contributed by atoms with Crippen molar-refractivity contribution in [3.63, 3.8) is 0 Å². The molecule has 26 heavy (non-hydrogen) atoms. The van der Waals surface area contributed by atoms with Crippen molar-refractivity contribution in [2.45, 2.75) is 39.4 Å². The smallest absolute Gasteiger partial charge is 0.224 e. The van der Waals surface area contributed by atoms with E-state index in [4.69, 9.17) is 0 Å². The molecule has 2 aromatic rings. The number of carbonyl (C=O) groups is 1. The molecule has 1 fully saturated rings. The van der Waals surface area contributed by atoms with Gasteiger partial charge in [-0.1, -0.05) is 26.0 Å². The highest BCUT2D eigenvalue weighted by Gasteiger charge is 2.31. The molecule has 0 unspecified atom stereocenters. The third-order valence-corrected chi connectivity index (χ3v) is 5.01. The van der Waals surface area contributed by atoms with Gasteiger partial charge in [-0.15, -0.1) is 0 Å². The Morgan fingerprint density at radius 1 is 1.19 bits per heavy atom. The van der Waals surface area contributed by atoms with Crippen LogP contribution < -0.4 is 0 Å². The van der Waals surface area contributed by atoms with Crippen LogP contribution in [-0.2, 0) is 24.9 Å². The van der Waals surface area contributed by atoms with Gasteiger partial charge in [0.15, 0.2) is 0 Å². The third kappa shape index (κ3) is 4.49. The SMILES string of the molecule is CC(C)[C@H]1CN(Cc2cnn(C)c2)CCC(=O)N1Cc1ccc(F)cc1. The van der Waals surface area contributed by atoms with Gasteiger partial charge in [0.1, 0.15) is 5.82 Å². The van der Waals surface area contributed by atoms with Gasteiger partial charge >= 0.3 is 0 Å². The van der Waals surface area contributed by atoms with Crippen LogP contribution in [0.15, 0.2) is 36.7 Å². The Bertz CT molecular complexity index is 741. The van der Waals surface area contributed by atoms with Crippen LogP contribution in [-0.4, -0.2) is 44.6 Å². The Hall–Kier alpha value is -2.21. The fraction of sp³-hybridized carbons (Fsp3) is 0.500. The van der Waals surface area contributed by atoms with Gasteiger partial charge in [0.05, 0.1) is 6.20 Å². The maximum atomic E-state index is 13.2. The summed E-state index contributed by atoms with van der Waals surface area (Å²) in [6, 6.07) is 6.57. The minimum atomic E-state index is -0.251. The maximum Gasteiger partial charge on any atom is 0.224 e. The Balaban J connectivity index is 1.75. The van der Waals surface area contributed by atoms with Gasteiger partial charge in [-0.25, -0.2) is 4.39 Å². The molecule has 0 bridgehead atoms. The van der Waals surface area contributed by atoms with E-state index in [1.54, 1.807) is 16.8 Å². The van der Waals surface area contributed by atoms with E-state index >= 15 is 0 Å². The number of benzene rings is 1. The van der Waals surface area contributed by atoms with E-state index in [1.165, 1.54) is 12.1 Å². The standard InChI is InChI=1S/C20H27FN4O/c1-15(2)19-14-24(12-17-10-22-23(3)11-17)9-8-20(26)25(19)13-16-4-6-18(21)7-5-16/h4-7,10-11,15,19H,8-9,12-14H2,1-3H3/t19-/m1/s1. The highest BCUT2D eigenvalue weighted by Crippen LogP contribution is 2.22. The number of halogens is 1. The molecule has 6 heteroatoms. The van der Waals surface area contributed by atoms with E-state index in [1.807, 2.05) is 24.3 Å². The lowest BCUT2D eigenvalue weighted by Gasteiger charge is -2.34. The fourth-order valence-electron chi connectivity index (χ4n) is 3.55. The first kappa shape index (κ1) is 18.6. The van der Waals surface area contributed by atoms with Crippen LogP contribution in [0, 0.1) is 11.7 Å². The minimum absolute atomic E-state index is 0.131. The summed E-state index contributed by atoms with van der Waals surface area (Å²) in [6.07, 6.45) is 4.41. The van der Waals surface area contributed by atoms with Gasteiger partial charge in [0, 0.05) is 57.4 Å². The molecule has 0 N–H and O–H groups in total. The second-order valence-corrected chi connectivity index (χ2v) is 7.47. The van der Waals surface area contributed by atoms with E-state index in [-0.39, 0.29) is 17.8 Å². The van der Waals surface area contributed by atoms with Crippen LogP contribution >= 0.6 is 0 Å². The van der Waals surface area contributed by atoms with Gasteiger partial charge in [-0.2, -0.15) is 5.10 Å². The zero-order valence-corrected chi connectivity index (χ0v) is 15.7. The molecule has 3 rings (SSSR count). The predicted octanol–water partition coefficient (Wildman–Crippen LogP) is 2.82. The van der Waals surface area contributed by atoms with Gasteiger partial charge in [-0.3, -0.25) is 14.4 Å². The Kier molecular flexibility index (Phi) is 5.71. The highest BCUT2D eigenvalue weighted by molar-refractivity contribution is 5.77. The molecule has 0 saturated carbocycles. The second-order valence-electron chi connectivity index (χ2n) is 7.47. The molecule has 0 aliphatic carbocycles. The molecule has 1 aliphatic heterocycles. The lowest BCUT2D eigenvalue weighted by atomic mass is 10.0. The fourth-order valence-corrected chi connectivity index (χ4v) is 3.55.